The Bertz CT molecular complexity index is 603. The van der Waals surface area contributed by atoms with Gasteiger partial charge in [-0.05, 0) is 18.9 Å². The molecule has 0 aliphatic heterocycles. The van der Waals surface area contributed by atoms with Crippen molar-refractivity contribution >= 4 is 29.1 Å². The molecule has 1 aromatic heterocycles. The van der Waals surface area contributed by atoms with Gasteiger partial charge in [0, 0.05) is 13.1 Å². The normalized spacial score (nSPS) is 13.6. The Hall–Kier alpha value is -2.22. The number of hydrogen-bond acceptors (Lipinski definition) is 5. The van der Waals surface area contributed by atoms with E-state index in [1.165, 1.54) is 7.05 Å². The number of aromatic nitrogens is 1. The molecule has 8 nitrogen and oxygen atoms in total. The molecule has 0 saturated heterocycles. The van der Waals surface area contributed by atoms with Crippen LogP contribution < -0.4 is 5.32 Å². The summed E-state index contributed by atoms with van der Waals surface area (Å²) in [5.41, 5.74) is -0.638. The van der Waals surface area contributed by atoms with Gasteiger partial charge in [-0.15, -0.1) is 0 Å². The average Bonchev–Trinajstić information content (AvgIpc) is 3.20. The molecule has 2 amide bonds. The first kappa shape index (κ1) is 15.2. The van der Waals surface area contributed by atoms with Crippen LogP contribution in [0.15, 0.2) is 12.3 Å². The maximum Gasteiger partial charge on any atom is 0.300 e. The third-order valence-corrected chi connectivity index (χ3v) is 3.15. The molecule has 1 aromatic rings. The highest BCUT2D eigenvalue weighted by atomic mass is 35.5. The summed E-state index contributed by atoms with van der Waals surface area (Å²) >= 11 is 5.67. The fourth-order valence-electron chi connectivity index (χ4n) is 1.73. The van der Waals surface area contributed by atoms with Crippen molar-refractivity contribution in [1.82, 2.24) is 15.2 Å². The summed E-state index contributed by atoms with van der Waals surface area (Å²) in [7, 11) is 1.40. The van der Waals surface area contributed by atoms with E-state index in [2.05, 4.69) is 10.3 Å². The van der Waals surface area contributed by atoms with Crippen molar-refractivity contribution in [1.29, 1.82) is 0 Å². The van der Waals surface area contributed by atoms with Gasteiger partial charge in [-0.2, -0.15) is 0 Å². The van der Waals surface area contributed by atoms with Crippen LogP contribution in [0.1, 0.15) is 23.2 Å². The summed E-state index contributed by atoms with van der Waals surface area (Å²) in [4.78, 5) is 38.7. The summed E-state index contributed by atoms with van der Waals surface area (Å²) in [5, 5.41) is 13.6. The second-order valence-electron chi connectivity index (χ2n) is 4.78. The molecule has 112 valence electrons. The molecular formula is C12H13ClN4O4. The van der Waals surface area contributed by atoms with E-state index in [-0.39, 0.29) is 29.2 Å². The highest BCUT2D eigenvalue weighted by Crippen LogP contribution is 2.22. The molecule has 0 atom stereocenters. The number of rotatable bonds is 5. The molecule has 0 spiro atoms. The summed E-state index contributed by atoms with van der Waals surface area (Å²) in [6.07, 6.45) is 2.80. The van der Waals surface area contributed by atoms with Crippen LogP contribution in [0.4, 0.5) is 5.69 Å². The van der Waals surface area contributed by atoms with Crippen LogP contribution in [0.5, 0.6) is 0 Å². The predicted molar refractivity (Wildman–Crippen MR) is 74.0 cm³/mol. The Morgan fingerprint density at radius 3 is 2.81 bits per heavy atom. The third kappa shape index (κ3) is 3.88. The summed E-state index contributed by atoms with van der Waals surface area (Å²) in [6, 6.07) is 1.31. The van der Waals surface area contributed by atoms with Gasteiger partial charge >= 0.3 is 0 Å². The van der Waals surface area contributed by atoms with Crippen molar-refractivity contribution in [3.05, 3.63) is 33.1 Å². The Labute approximate surface area is 125 Å². The topological polar surface area (TPSA) is 105 Å². The van der Waals surface area contributed by atoms with Gasteiger partial charge in [-0.25, -0.2) is 4.98 Å². The van der Waals surface area contributed by atoms with Crippen LogP contribution in [0, 0.1) is 10.1 Å². The Kier molecular flexibility index (Phi) is 4.37. The smallest absolute Gasteiger partial charge is 0.300 e. The number of carbonyl (C=O) groups excluding carboxylic acids is 2. The Morgan fingerprint density at radius 2 is 2.24 bits per heavy atom. The van der Waals surface area contributed by atoms with Gasteiger partial charge in [0.05, 0.1) is 11.5 Å². The average molecular weight is 313 g/mol. The van der Waals surface area contributed by atoms with E-state index >= 15 is 0 Å². The zero-order chi connectivity index (χ0) is 15.6. The molecule has 9 heteroatoms. The SMILES string of the molecule is CN(CC(=O)NC1CC1)C(=O)c1cc(Cl)ncc1[N+](=O)[O-]. The summed E-state index contributed by atoms with van der Waals surface area (Å²) in [5.74, 6) is -0.951. The number of carbonyl (C=O) groups is 2. The van der Waals surface area contributed by atoms with Gasteiger partial charge in [0.2, 0.25) is 5.91 Å². The molecule has 0 unspecified atom stereocenters. The molecule has 0 bridgehead atoms. The largest absolute Gasteiger partial charge is 0.352 e. The van der Waals surface area contributed by atoms with E-state index in [0.29, 0.717) is 0 Å². The highest BCUT2D eigenvalue weighted by molar-refractivity contribution is 6.29. The second kappa shape index (κ2) is 6.04. The van der Waals surface area contributed by atoms with Crippen LogP contribution >= 0.6 is 11.6 Å². The van der Waals surface area contributed by atoms with Crippen molar-refractivity contribution in [2.45, 2.75) is 18.9 Å². The molecule has 1 heterocycles. The molecule has 1 saturated carbocycles. The van der Waals surface area contributed by atoms with Gasteiger partial charge in [-0.3, -0.25) is 19.7 Å². The van der Waals surface area contributed by atoms with Crippen molar-refractivity contribution in [3.8, 4) is 0 Å². The zero-order valence-corrected chi connectivity index (χ0v) is 12.0. The fourth-order valence-corrected chi connectivity index (χ4v) is 1.89. The van der Waals surface area contributed by atoms with E-state index in [0.717, 1.165) is 30.0 Å². The van der Waals surface area contributed by atoms with Gasteiger partial charge in [0.1, 0.15) is 16.9 Å². The first-order valence-corrected chi connectivity index (χ1v) is 6.61. The molecule has 2 rings (SSSR count). The molecule has 1 N–H and O–H groups in total. The van der Waals surface area contributed by atoms with E-state index in [1.807, 2.05) is 0 Å². The van der Waals surface area contributed by atoms with E-state index < -0.39 is 16.5 Å². The summed E-state index contributed by atoms with van der Waals surface area (Å²) < 4.78 is 0. The molecule has 21 heavy (non-hydrogen) atoms. The van der Waals surface area contributed by atoms with Crippen molar-refractivity contribution in [2.24, 2.45) is 0 Å². The molecule has 0 aromatic carbocycles. The van der Waals surface area contributed by atoms with Gasteiger partial charge in [0.25, 0.3) is 11.6 Å². The number of amides is 2. The lowest BCUT2D eigenvalue weighted by Gasteiger charge is -2.16. The first-order chi connectivity index (χ1) is 9.88. The third-order valence-electron chi connectivity index (χ3n) is 2.95. The van der Waals surface area contributed by atoms with Gasteiger partial charge in [-0.1, -0.05) is 11.6 Å². The fraction of sp³-hybridized carbons (Fsp3) is 0.417. The first-order valence-electron chi connectivity index (χ1n) is 6.23. The maximum atomic E-state index is 12.2. The number of halogens is 1. The van der Waals surface area contributed by atoms with Crippen LogP contribution in [-0.4, -0.2) is 46.3 Å². The number of nitrogens with zero attached hydrogens (tertiary/aromatic N) is 3. The molecular weight excluding hydrogens is 300 g/mol. The number of nitrogens with one attached hydrogen (secondary N) is 1. The van der Waals surface area contributed by atoms with Gasteiger partial charge < -0.3 is 10.2 Å². The predicted octanol–water partition coefficient (Wildman–Crippen LogP) is 0.994. The molecule has 1 aliphatic rings. The van der Waals surface area contributed by atoms with Crippen molar-refractivity contribution in [3.63, 3.8) is 0 Å². The summed E-state index contributed by atoms with van der Waals surface area (Å²) in [6.45, 7) is -0.174. The number of hydrogen-bond donors (Lipinski definition) is 1. The minimum atomic E-state index is -0.714. The monoisotopic (exact) mass is 312 g/mol. The van der Waals surface area contributed by atoms with E-state index in [9.17, 15) is 19.7 Å². The molecule has 1 fully saturated rings. The minimum Gasteiger partial charge on any atom is -0.352 e. The maximum absolute atomic E-state index is 12.2. The van der Waals surface area contributed by atoms with E-state index in [1.54, 1.807) is 0 Å². The lowest BCUT2D eigenvalue weighted by molar-refractivity contribution is -0.385. The van der Waals surface area contributed by atoms with E-state index in [4.69, 9.17) is 11.6 Å². The number of nitro groups is 1. The van der Waals surface area contributed by atoms with Crippen molar-refractivity contribution < 1.29 is 14.5 Å². The zero-order valence-electron chi connectivity index (χ0n) is 11.2. The standard InChI is InChI=1S/C12H13ClN4O4/c1-16(6-11(18)15-7-2-3-7)12(19)8-4-10(13)14-5-9(8)17(20)21/h4-5,7H,2-3,6H2,1H3,(H,15,18). The Balaban J connectivity index is 2.12. The number of likely N-dealkylation sites (N-methyl/N-ethyl adjacent to an activating group) is 1. The Morgan fingerprint density at radius 1 is 1.57 bits per heavy atom. The minimum absolute atomic E-state index is 0.0280. The van der Waals surface area contributed by atoms with Crippen LogP contribution in [0.3, 0.4) is 0 Å². The quantitative estimate of drug-likeness (QED) is 0.496. The van der Waals surface area contributed by atoms with Crippen LogP contribution in [-0.2, 0) is 4.79 Å². The lowest BCUT2D eigenvalue weighted by Crippen LogP contribution is -2.39. The second-order valence-corrected chi connectivity index (χ2v) is 5.17. The van der Waals surface area contributed by atoms with Gasteiger partial charge in [0.15, 0.2) is 0 Å². The van der Waals surface area contributed by atoms with Crippen LogP contribution in [0.2, 0.25) is 5.15 Å². The molecule has 0 radical (unpaired) electrons. The lowest BCUT2D eigenvalue weighted by atomic mass is 10.2. The van der Waals surface area contributed by atoms with Crippen molar-refractivity contribution in [2.75, 3.05) is 13.6 Å². The highest BCUT2D eigenvalue weighted by Gasteiger charge is 2.27. The molecule has 1 aliphatic carbocycles. The van der Waals surface area contributed by atoms with Crippen LogP contribution in [0.25, 0.3) is 0 Å². The number of pyridine rings is 1.